The van der Waals surface area contributed by atoms with Crippen LogP contribution in [0.4, 0.5) is 0 Å². The van der Waals surface area contributed by atoms with Gasteiger partial charge >= 0.3 is 0 Å². The smallest absolute Gasteiger partial charge is 0.148 e. The molecule has 0 spiro atoms. The van der Waals surface area contributed by atoms with Crippen LogP contribution < -0.4 is 5.32 Å². The van der Waals surface area contributed by atoms with Crippen LogP contribution in [-0.4, -0.2) is 17.2 Å². The van der Waals surface area contributed by atoms with Crippen LogP contribution >= 0.6 is 11.3 Å². The Hall–Kier alpha value is -1.26. The van der Waals surface area contributed by atoms with Crippen molar-refractivity contribution in [1.29, 1.82) is 0 Å². The lowest BCUT2D eigenvalue weighted by Crippen LogP contribution is -2.11. The molecule has 1 unspecified atom stereocenters. The van der Waals surface area contributed by atoms with Gasteiger partial charge in [-0.3, -0.25) is 0 Å². The van der Waals surface area contributed by atoms with Crippen LogP contribution in [0.15, 0.2) is 18.2 Å². The minimum absolute atomic E-state index is 0.256. The Morgan fingerprint density at radius 1 is 1.24 bits per heavy atom. The van der Waals surface area contributed by atoms with Crippen LogP contribution in [0.5, 0.6) is 0 Å². The molecular formula is C13H17N3S. The summed E-state index contributed by atoms with van der Waals surface area (Å²) in [5.74, 6) is 0. The van der Waals surface area contributed by atoms with E-state index in [1.54, 1.807) is 11.3 Å². The number of hydrogen-bond donors (Lipinski definition) is 1. The largest absolute Gasteiger partial charge is 0.311 e. The highest BCUT2D eigenvalue weighted by atomic mass is 32.1. The number of aromatic nitrogens is 2. The molecule has 2 rings (SSSR count). The third kappa shape index (κ3) is 2.37. The van der Waals surface area contributed by atoms with E-state index in [1.165, 1.54) is 16.7 Å². The van der Waals surface area contributed by atoms with E-state index in [9.17, 15) is 0 Å². The molecule has 17 heavy (non-hydrogen) atoms. The second-order valence-electron chi connectivity index (χ2n) is 4.20. The zero-order valence-electron chi connectivity index (χ0n) is 10.6. The highest BCUT2D eigenvalue weighted by molar-refractivity contribution is 7.14. The lowest BCUT2D eigenvalue weighted by molar-refractivity contribution is 0.640. The maximum absolute atomic E-state index is 4.29. The van der Waals surface area contributed by atoms with Gasteiger partial charge in [-0.15, -0.1) is 10.2 Å². The zero-order chi connectivity index (χ0) is 12.4. The summed E-state index contributed by atoms with van der Waals surface area (Å²) in [7, 11) is 1.93. The molecule has 1 aromatic heterocycles. The third-order valence-electron chi connectivity index (χ3n) is 3.08. The second kappa shape index (κ2) is 4.94. The summed E-state index contributed by atoms with van der Waals surface area (Å²) in [6, 6.07) is 6.56. The molecule has 3 nitrogen and oxygen atoms in total. The van der Waals surface area contributed by atoms with Crippen molar-refractivity contribution < 1.29 is 0 Å². The van der Waals surface area contributed by atoms with E-state index in [0.717, 1.165) is 10.0 Å². The van der Waals surface area contributed by atoms with Crippen molar-refractivity contribution in [3.63, 3.8) is 0 Å². The molecule has 0 amide bonds. The summed E-state index contributed by atoms with van der Waals surface area (Å²) in [6.07, 6.45) is 0. The Balaban J connectivity index is 2.40. The minimum atomic E-state index is 0.256. The average Bonchev–Trinajstić information content (AvgIpc) is 2.81. The first-order chi connectivity index (χ1) is 8.13. The molecule has 0 aliphatic rings. The molecule has 0 fully saturated rings. The lowest BCUT2D eigenvalue weighted by Gasteiger charge is -2.05. The Morgan fingerprint density at radius 2 is 2.00 bits per heavy atom. The first kappa shape index (κ1) is 12.2. The van der Waals surface area contributed by atoms with E-state index in [2.05, 4.69) is 54.5 Å². The summed E-state index contributed by atoms with van der Waals surface area (Å²) in [6.45, 7) is 6.34. The van der Waals surface area contributed by atoms with Gasteiger partial charge in [-0.25, -0.2) is 0 Å². The van der Waals surface area contributed by atoms with E-state index >= 15 is 0 Å². The van der Waals surface area contributed by atoms with Crippen molar-refractivity contribution in [1.82, 2.24) is 15.5 Å². The molecule has 0 aliphatic heterocycles. The number of nitrogens with zero attached hydrogens (tertiary/aromatic N) is 2. The highest BCUT2D eigenvalue weighted by Crippen LogP contribution is 2.29. The van der Waals surface area contributed by atoms with E-state index < -0.39 is 0 Å². The molecule has 0 aliphatic carbocycles. The molecule has 4 heteroatoms. The van der Waals surface area contributed by atoms with Crippen molar-refractivity contribution in [2.45, 2.75) is 26.8 Å². The molecule has 0 bridgehead atoms. The molecule has 0 saturated heterocycles. The SMILES string of the molecule is CNC(C)c1nnc(-c2cccc(C)c2C)s1. The van der Waals surface area contributed by atoms with Gasteiger partial charge in [-0.05, 0) is 38.9 Å². The number of benzene rings is 1. The predicted octanol–water partition coefficient (Wildman–Crippen LogP) is 3.10. The summed E-state index contributed by atoms with van der Waals surface area (Å²) >= 11 is 1.66. The van der Waals surface area contributed by atoms with Gasteiger partial charge in [0.1, 0.15) is 10.0 Å². The van der Waals surface area contributed by atoms with Crippen LogP contribution in [0.25, 0.3) is 10.6 Å². The Bertz CT molecular complexity index is 519. The normalized spacial score (nSPS) is 12.7. The summed E-state index contributed by atoms with van der Waals surface area (Å²) in [5.41, 5.74) is 3.77. The Morgan fingerprint density at radius 3 is 2.71 bits per heavy atom. The van der Waals surface area contributed by atoms with Crippen molar-refractivity contribution in [2.24, 2.45) is 0 Å². The van der Waals surface area contributed by atoms with E-state index in [0.29, 0.717) is 0 Å². The van der Waals surface area contributed by atoms with Crippen molar-refractivity contribution in [3.8, 4) is 10.6 Å². The highest BCUT2D eigenvalue weighted by Gasteiger charge is 2.13. The predicted molar refractivity (Wildman–Crippen MR) is 72.3 cm³/mol. The van der Waals surface area contributed by atoms with Gasteiger partial charge in [0.25, 0.3) is 0 Å². The molecule has 2 aromatic rings. The van der Waals surface area contributed by atoms with Gasteiger partial charge in [0, 0.05) is 5.56 Å². The monoisotopic (exact) mass is 247 g/mol. The van der Waals surface area contributed by atoms with Gasteiger partial charge < -0.3 is 5.32 Å². The number of hydrogen-bond acceptors (Lipinski definition) is 4. The zero-order valence-corrected chi connectivity index (χ0v) is 11.4. The first-order valence-electron chi connectivity index (χ1n) is 5.70. The summed E-state index contributed by atoms with van der Waals surface area (Å²) in [5, 5.41) is 13.7. The molecule has 1 heterocycles. The average molecular weight is 247 g/mol. The second-order valence-corrected chi connectivity index (χ2v) is 5.21. The molecule has 0 saturated carbocycles. The van der Waals surface area contributed by atoms with Crippen molar-refractivity contribution >= 4 is 11.3 Å². The third-order valence-corrected chi connectivity index (χ3v) is 4.22. The fraction of sp³-hybridized carbons (Fsp3) is 0.385. The van der Waals surface area contributed by atoms with Gasteiger partial charge in [0.05, 0.1) is 6.04 Å². The minimum Gasteiger partial charge on any atom is -0.311 e. The van der Waals surface area contributed by atoms with Gasteiger partial charge in [-0.1, -0.05) is 29.5 Å². The van der Waals surface area contributed by atoms with Crippen LogP contribution in [0.2, 0.25) is 0 Å². The molecule has 90 valence electrons. The molecule has 0 radical (unpaired) electrons. The van der Waals surface area contributed by atoms with Crippen LogP contribution in [0, 0.1) is 13.8 Å². The van der Waals surface area contributed by atoms with E-state index in [-0.39, 0.29) is 6.04 Å². The summed E-state index contributed by atoms with van der Waals surface area (Å²) < 4.78 is 0. The van der Waals surface area contributed by atoms with Gasteiger partial charge in [0.15, 0.2) is 0 Å². The fourth-order valence-corrected chi connectivity index (χ4v) is 2.61. The van der Waals surface area contributed by atoms with E-state index in [1.807, 2.05) is 7.05 Å². The molecule has 1 N–H and O–H groups in total. The standard InChI is InChI=1S/C13H17N3S/c1-8-6-5-7-11(9(8)2)13-16-15-12(17-13)10(3)14-4/h5-7,10,14H,1-4H3. The number of aryl methyl sites for hydroxylation is 1. The quantitative estimate of drug-likeness (QED) is 0.905. The molecule has 1 aromatic carbocycles. The van der Waals surface area contributed by atoms with Crippen LogP contribution in [0.3, 0.4) is 0 Å². The fourth-order valence-electron chi connectivity index (χ4n) is 1.62. The van der Waals surface area contributed by atoms with Gasteiger partial charge in [-0.2, -0.15) is 0 Å². The van der Waals surface area contributed by atoms with Crippen molar-refractivity contribution in [2.75, 3.05) is 7.05 Å². The van der Waals surface area contributed by atoms with Crippen LogP contribution in [-0.2, 0) is 0 Å². The van der Waals surface area contributed by atoms with E-state index in [4.69, 9.17) is 0 Å². The number of rotatable bonds is 3. The maximum Gasteiger partial charge on any atom is 0.148 e. The Kier molecular flexibility index (Phi) is 3.54. The summed E-state index contributed by atoms with van der Waals surface area (Å²) in [4.78, 5) is 0. The first-order valence-corrected chi connectivity index (χ1v) is 6.52. The molecular weight excluding hydrogens is 230 g/mol. The number of nitrogens with one attached hydrogen (secondary N) is 1. The van der Waals surface area contributed by atoms with Gasteiger partial charge in [0.2, 0.25) is 0 Å². The topological polar surface area (TPSA) is 37.8 Å². The van der Waals surface area contributed by atoms with Crippen molar-refractivity contribution in [3.05, 3.63) is 34.3 Å². The van der Waals surface area contributed by atoms with Crippen LogP contribution in [0.1, 0.15) is 29.1 Å². The lowest BCUT2D eigenvalue weighted by atomic mass is 10.0. The maximum atomic E-state index is 4.29. The molecule has 1 atom stereocenters. The Labute approximate surface area is 106 Å².